The first-order valence-electron chi connectivity index (χ1n) is 9.02. The molecule has 0 aliphatic carbocycles. The Morgan fingerprint density at radius 2 is 1.85 bits per heavy atom. The molecule has 1 N–H and O–H groups in total. The van der Waals surface area contributed by atoms with Crippen molar-refractivity contribution in [1.82, 2.24) is 0 Å². The van der Waals surface area contributed by atoms with Gasteiger partial charge in [-0.25, -0.2) is 4.79 Å². The Hall–Kier alpha value is -2.53. The van der Waals surface area contributed by atoms with Crippen LogP contribution in [-0.2, 0) is 21.5 Å². The van der Waals surface area contributed by atoms with Gasteiger partial charge in [-0.05, 0) is 42.2 Å². The normalized spacial score (nSPS) is 17.9. The number of nitrogens with zero attached hydrogens (tertiary/aromatic N) is 1. The van der Waals surface area contributed by atoms with Gasteiger partial charge in [-0.1, -0.05) is 30.3 Å². The van der Waals surface area contributed by atoms with Crippen molar-refractivity contribution in [2.75, 3.05) is 31.3 Å². The molecule has 0 radical (unpaired) electrons. The smallest absolute Gasteiger partial charge is 0.341 e. The van der Waals surface area contributed by atoms with Crippen molar-refractivity contribution in [3.8, 4) is 5.75 Å². The quantitative estimate of drug-likeness (QED) is 0.894. The van der Waals surface area contributed by atoms with Crippen LogP contribution < -0.4 is 9.64 Å². The van der Waals surface area contributed by atoms with E-state index in [1.807, 2.05) is 24.3 Å². The predicted molar refractivity (Wildman–Crippen MR) is 98.8 cm³/mol. The van der Waals surface area contributed by atoms with Crippen LogP contribution in [-0.4, -0.2) is 37.4 Å². The Morgan fingerprint density at radius 3 is 2.58 bits per heavy atom. The van der Waals surface area contributed by atoms with Crippen molar-refractivity contribution in [1.29, 1.82) is 0 Å². The molecule has 5 heteroatoms. The van der Waals surface area contributed by atoms with Gasteiger partial charge in [0.05, 0.1) is 0 Å². The number of fused-ring (bicyclic) bond motifs is 2. The van der Waals surface area contributed by atoms with Gasteiger partial charge in [0.1, 0.15) is 5.75 Å². The van der Waals surface area contributed by atoms with Crippen molar-refractivity contribution < 1.29 is 19.4 Å². The van der Waals surface area contributed by atoms with E-state index in [-0.39, 0.29) is 12.0 Å². The minimum absolute atomic E-state index is 0.208. The van der Waals surface area contributed by atoms with Crippen molar-refractivity contribution in [3.05, 3.63) is 59.7 Å². The number of anilines is 1. The molecule has 2 aliphatic heterocycles. The molecule has 5 nitrogen and oxygen atoms in total. The summed E-state index contributed by atoms with van der Waals surface area (Å²) in [6.45, 7) is 3.20. The largest absolute Gasteiger partial charge is 0.482 e. The molecule has 2 aromatic carbocycles. The van der Waals surface area contributed by atoms with Crippen molar-refractivity contribution in [2.45, 2.75) is 24.8 Å². The summed E-state index contributed by atoms with van der Waals surface area (Å²) in [5.74, 6) is -0.386. The molecule has 2 aromatic rings. The van der Waals surface area contributed by atoms with Gasteiger partial charge in [0.25, 0.3) is 0 Å². The molecule has 0 aromatic heterocycles. The van der Waals surface area contributed by atoms with Crippen LogP contribution in [0.5, 0.6) is 5.75 Å². The zero-order valence-electron chi connectivity index (χ0n) is 14.7. The molecule has 1 fully saturated rings. The molecule has 1 saturated heterocycles. The number of hydrogen-bond donors (Lipinski definition) is 1. The predicted octanol–water partition coefficient (Wildman–Crippen LogP) is 3.22. The maximum atomic E-state index is 10.6. The SMILES string of the molecule is O=C(O)COc1ccc(CN2CC3(CCOCC3)c3ccccc32)cc1. The highest BCUT2D eigenvalue weighted by atomic mass is 16.5. The number of carboxylic acid groups (broad SMARTS) is 1. The lowest BCUT2D eigenvalue weighted by Gasteiger charge is -2.34. The van der Waals surface area contributed by atoms with Gasteiger partial charge in [-0.15, -0.1) is 0 Å². The number of hydrogen-bond acceptors (Lipinski definition) is 4. The third-order valence-electron chi connectivity index (χ3n) is 5.42. The molecule has 26 heavy (non-hydrogen) atoms. The average Bonchev–Trinajstić information content (AvgIpc) is 2.95. The first-order valence-corrected chi connectivity index (χ1v) is 9.02. The fourth-order valence-electron chi connectivity index (χ4n) is 4.12. The third-order valence-corrected chi connectivity index (χ3v) is 5.42. The highest BCUT2D eigenvalue weighted by Crippen LogP contribution is 2.47. The Morgan fingerprint density at radius 1 is 1.12 bits per heavy atom. The summed E-state index contributed by atoms with van der Waals surface area (Å²) in [5.41, 5.74) is 4.16. The number of benzene rings is 2. The molecule has 0 atom stereocenters. The fourth-order valence-corrected chi connectivity index (χ4v) is 4.12. The van der Waals surface area contributed by atoms with E-state index in [2.05, 4.69) is 29.2 Å². The standard InChI is InChI=1S/C21H23NO4/c23-20(24)14-26-17-7-5-16(6-8-17)13-22-15-21(9-11-25-12-10-21)18-3-1-2-4-19(18)22/h1-8H,9-15H2,(H,23,24). The van der Waals surface area contributed by atoms with Crippen molar-refractivity contribution in [3.63, 3.8) is 0 Å². The van der Waals surface area contributed by atoms with Crippen LogP contribution in [0.1, 0.15) is 24.0 Å². The molecule has 136 valence electrons. The zero-order chi connectivity index (χ0) is 18.0. The molecule has 0 amide bonds. The van der Waals surface area contributed by atoms with E-state index in [0.29, 0.717) is 5.75 Å². The second-order valence-corrected chi connectivity index (χ2v) is 7.09. The lowest BCUT2D eigenvalue weighted by atomic mass is 9.76. The second-order valence-electron chi connectivity index (χ2n) is 7.09. The van der Waals surface area contributed by atoms with Crippen LogP contribution >= 0.6 is 0 Å². The summed E-state index contributed by atoms with van der Waals surface area (Å²) in [4.78, 5) is 13.0. The van der Waals surface area contributed by atoms with Gasteiger partial charge in [0, 0.05) is 37.4 Å². The zero-order valence-corrected chi connectivity index (χ0v) is 14.7. The molecule has 0 saturated carbocycles. The number of carboxylic acids is 1. The van der Waals surface area contributed by atoms with E-state index >= 15 is 0 Å². The van der Waals surface area contributed by atoms with Gasteiger partial charge in [0.2, 0.25) is 0 Å². The minimum Gasteiger partial charge on any atom is -0.482 e. The van der Waals surface area contributed by atoms with Crippen LogP contribution in [0.25, 0.3) is 0 Å². The minimum atomic E-state index is -0.968. The van der Waals surface area contributed by atoms with Crippen LogP contribution in [0.3, 0.4) is 0 Å². The Kier molecular flexibility index (Phi) is 4.55. The average molecular weight is 353 g/mol. The monoisotopic (exact) mass is 353 g/mol. The maximum Gasteiger partial charge on any atom is 0.341 e. The Bertz CT molecular complexity index is 781. The summed E-state index contributed by atoms with van der Waals surface area (Å²) in [7, 11) is 0. The number of ether oxygens (including phenoxy) is 2. The van der Waals surface area contributed by atoms with Crippen LogP contribution in [0, 0.1) is 0 Å². The highest BCUT2D eigenvalue weighted by Gasteiger charge is 2.43. The highest BCUT2D eigenvalue weighted by molar-refractivity contribution is 5.68. The molecule has 1 spiro atoms. The van der Waals surface area contributed by atoms with Crippen LogP contribution in [0.4, 0.5) is 5.69 Å². The number of carbonyl (C=O) groups is 1. The summed E-state index contributed by atoms with van der Waals surface area (Å²) >= 11 is 0. The second kappa shape index (κ2) is 7.00. The van der Waals surface area contributed by atoms with Crippen molar-refractivity contribution in [2.24, 2.45) is 0 Å². The number of para-hydroxylation sites is 1. The molecule has 2 aliphatic rings. The summed E-state index contributed by atoms with van der Waals surface area (Å²) < 4.78 is 10.8. The van der Waals surface area contributed by atoms with Gasteiger partial charge in [0.15, 0.2) is 6.61 Å². The van der Waals surface area contributed by atoms with E-state index in [1.54, 1.807) is 0 Å². The Labute approximate surface area is 153 Å². The van der Waals surface area contributed by atoms with Crippen LogP contribution in [0.2, 0.25) is 0 Å². The summed E-state index contributed by atoms with van der Waals surface area (Å²) in [5, 5.41) is 8.69. The molecular formula is C21H23NO4. The van der Waals surface area contributed by atoms with E-state index < -0.39 is 5.97 Å². The number of rotatable bonds is 5. The number of aliphatic carboxylic acids is 1. The molecule has 0 unspecified atom stereocenters. The molecular weight excluding hydrogens is 330 g/mol. The van der Waals surface area contributed by atoms with Gasteiger partial charge in [-0.2, -0.15) is 0 Å². The van der Waals surface area contributed by atoms with Gasteiger partial charge in [-0.3, -0.25) is 0 Å². The van der Waals surface area contributed by atoms with E-state index in [9.17, 15) is 4.79 Å². The van der Waals surface area contributed by atoms with Crippen LogP contribution in [0.15, 0.2) is 48.5 Å². The summed E-state index contributed by atoms with van der Waals surface area (Å²) in [6, 6.07) is 16.4. The molecule has 0 bridgehead atoms. The van der Waals surface area contributed by atoms with E-state index in [1.165, 1.54) is 16.8 Å². The van der Waals surface area contributed by atoms with E-state index in [4.69, 9.17) is 14.6 Å². The van der Waals surface area contributed by atoms with Gasteiger partial charge < -0.3 is 19.5 Å². The topological polar surface area (TPSA) is 59.0 Å². The fraction of sp³-hybridized carbons (Fsp3) is 0.381. The third kappa shape index (κ3) is 3.27. The maximum absolute atomic E-state index is 10.6. The molecule has 2 heterocycles. The lowest BCUT2D eigenvalue weighted by Crippen LogP contribution is -2.38. The van der Waals surface area contributed by atoms with Gasteiger partial charge >= 0.3 is 5.97 Å². The van der Waals surface area contributed by atoms with Crippen molar-refractivity contribution >= 4 is 11.7 Å². The van der Waals surface area contributed by atoms with E-state index in [0.717, 1.165) is 39.1 Å². The summed E-state index contributed by atoms with van der Waals surface area (Å²) in [6.07, 6.45) is 2.14. The Balaban J connectivity index is 1.51. The lowest BCUT2D eigenvalue weighted by molar-refractivity contribution is -0.139. The first kappa shape index (κ1) is 16.9. The first-order chi connectivity index (χ1) is 12.7. The molecule has 4 rings (SSSR count).